The van der Waals surface area contributed by atoms with E-state index in [1.807, 2.05) is 12.1 Å². The van der Waals surface area contributed by atoms with Crippen LogP contribution >= 0.6 is 11.6 Å². The second-order valence-electron chi connectivity index (χ2n) is 4.34. The van der Waals surface area contributed by atoms with Crippen LogP contribution in [0.3, 0.4) is 0 Å². The molecule has 0 radical (unpaired) electrons. The van der Waals surface area contributed by atoms with Gasteiger partial charge in [0.15, 0.2) is 0 Å². The SMILES string of the molecule is CC(=O)CC1CCCc2cc(Cl)ccc21. The number of carbonyl (C=O) groups excluding carboxylic acids is 1. The van der Waals surface area contributed by atoms with Gasteiger partial charge in [-0.3, -0.25) is 0 Å². The van der Waals surface area contributed by atoms with Crippen LogP contribution in [0.4, 0.5) is 0 Å². The van der Waals surface area contributed by atoms with Crippen LogP contribution in [0.15, 0.2) is 18.2 Å². The van der Waals surface area contributed by atoms with Crippen molar-refractivity contribution in [1.82, 2.24) is 0 Å². The first-order valence-corrected chi connectivity index (χ1v) is 5.82. The average Bonchev–Trinajstić information content (AvgIpc) is 2.16. The van der Waals surface area contributed by atoms with Gasteiger partial charge in [0.25, 0.3) is 0 Å². The summed E-state index contributed by atoms with van der Waals surface area (Å²) in [4.78, 5) is 11.2. The van der Waals surface area contributed by atoms with Crippen molar-refractivity contribution in [3.05, 3.63) is 34.3 Å². The van der Waals surface area contributed by atoms with E-state index in [1.54, 1.807) is 6.92 Å². The number of aryl methyl sites for hydroxylation is 1. The molecule has 2 heteroatoms. The van der Waals surface area contributed by atoms with E-state index in [-0.39, 0.29) is 5.78 Å². The number of carbonyl (C=O) groups is 1. The van der Waals surface area contributed by atoms with Gasteiger partial charge in [-0.1, -0.05) is 17.7 Å². The molecule has 1 aliphatic rings. The topological polar surface area (TPSA) is 17.1 Å². The third-order valence-corrected chi connectivity index (χ3v) is 3.31. The lowest BCUT2D eigenvalue weighted by Gasteiger charge is -2.24. The normalized spacial score (nSPS) is 19.7. The minimum absolute atomic E-state index is 0.280. The van der Waals surface area contributed by atoms with E-state index >= 15 is 0 Å². The largest absolute Gasteiger partial charge is 0.300 e. The van der Waals surface area contributed by atoms with Gasteiger partial charge in [0.1, 0.15) is 5.78 Å². The molecule has 0 fully saturated rings. The second kappa shape index (κ2) is 4.36. The lowest BCUT2D eigenvalue weighted by Crippen LogP contribution is -2.12. The van der Waals surface area contributed by atoms with Crippen molar-refractivity contribution in [3.63, 3.8) is 0 Å². The molecule has 0 aliphatic heterocycles. The Bertz CT molecular complexity index is 384. The van der Waals surface area contributed by atoms with Crippen molar-refractivity contribution in [1.29, 1.82) is 0 Å². The van der Waals surface area contributed by atoms with Crippen LogP contribution in [-0.2, 0) is 11.2 Å². The average molecular weight is 223 g/mol. The molecule has 1 aromatic rings. The molecule has 1 nitrogen and oxygen atoms in total. The Balaban J connectivity index is 2.30. The zero-order chi connectivity index (χ0) is 10.8. The molecule has 1 aliphatic carbocycles. The van der Waals surface area contributed by atoms with Crippen molar-refractivity contribution in [3.8, 4) is 0 Å². The molecule has 0 saturated heterocycles. The quantitative estimate of drug-likeness (QED) is 0.745. The van der Waals surface area contributed by atoms with Gasteiger partial charge in [0.05, 0.1) is 0 Å². The Labute approximate surface area is 95.4 Å². The number of hydrogen-bond acceptors (Lipinski definition) is 1. The number of benzene rings is 1. The number of rotatable bonds is 2. The molecule has 15 heavy (non-hydrogen) atoms. The highest BCUT2D eigenvalue weighted by Gasteiger charge is 2.21. The molecule has 1 aromatic carbocycles. The molecule has 0 bridgehead atoms. The van der Waals surface area contributed by atoms with Crippen molar-refractivity contribution >= 4 is 17.4 Å². The fourth-order valence-corrected chi connectivity index (χ4v) is 2.64. The van der Waals surface area contributed by atoms with Gasteiger partial charge in [0, 0.05) is 11.4 Å². The number of fused-ring (bicyclic) bond motifs is 1. The highest BCUT2D eigenvalue weighted by Crippen LogP contribution is 2.35. The van der Waals surface area contributed by atoms with Crippen molar-refractivity contribution in [2.24, 2.45) is 0 Å². The van der Waals surface area contributed by atoms with Crippen LogP contribution in [0.5, 0.6) is 0 Å². The molecule has 1 unspecified atom stereocenters. The molecular weight excluding hydrogens is 208 g/mol. The van der Waals surface area contributed by atoms with Crippen molar-refractivity contribution in [2.45, 2.75) is 38.5 Å². The summed E-state index contributed by atoms with van der Waals surface area (Å²) >= 11 is 5.96. The smallest absolute Gasteiger partial charge is 0.130 e. The maximum Gasteiger partial charge on any atom is 0.130 e. The first-order valence-electron chi connectivity index (χ1n) is 5.44. The monoisotopic (exact) mass is 222 g/mol. The van der Waals surface area contributed by atoms with Crippen LogP contribution < -0.4 is 0 Å². The number of hydrogen-bond donors (Lipinski definition) is 0. The van der Waals surface area contributed by atoms with Gasteiger partial charge in [-0.05, 0) is 55.4 Å². The number of ketones is 1. The summed E-state index contributed by atoms with van der Waals surface area (Å²) < 4.78 is 0. The minimum atomic E-state index is 0.280. The van der Waals surface area contributed by atoms with E-state index in [9.17, 15) is 4.79 Å². The lowest BCUT2D eigenvalue weighted by molar-refractivity contribution is -0.117. The second-order valence-corrected chi connectivity index (χ2v) is 4.77. The van der Waals surface area contributed by atoms with Crippen LogP contribution in [0, 0.1) is 0 Å². The minimum Gasteiger partial charge on any atom is -0.300 e. The summed E-state index contributed by atoms with van der Waals surface area (Å²) in [5.74, 6) is 0.700. The van der Waals surface area contributed by atoms with Gasteiger partial charge in [0.2, 0.25) is 0 Å². The molecule has 1 atom stereocenters. The molecule has 0 saturated carbocycles. The third-order valence-electron chi connectivity index (χ3n) is 3.08. The molecule has 80 valence electrons. The highest BCUT2D eigenvalue weighted by molar-refractivity contribution is 6.30. The van der Waals surface area contributed by atoms with E-state index < -0.39 is 0 Å². The maximum absolute atomic E-state index is 11.2. The molecule has 0 spiro atoms. The van der Waals surface area contributed by atoms with E-state index in [4.69, 9.17) is 11.6 Å². The molecule has 0 amide bonds. The maximum atomic E-state index is 11.2. The van der Waals surface area contributed by atoms with E-state index in [0.29, 0.717) is 12.3 Å². The third kappa shape index (κ3) is 2.40. The Kier molecular flexibility index (Phi) is 3.11. The van der Waals surface area contributed by atoms with Gasteiger partial charge < -0.3 is 4.79 Å². The summed E-state index contributed by atoms with van der Waals surface area (Å²) in [7, 11) is 0. The zero-order valence-electron chi connectivity index (χ0n) is 8.92. The molecule has 0 N–H and O–H groups in total. The Morgan fingerprint density at radius 3 is 3.07 bits per heavy atom. The first-order chi connectivity index (χ1) is 7.16. The predicted octanol–water partition coefficient (Wildman–Crippen LogP) is 3.74. The van der Waals surface area contributed by atoms with Gasteiger partial charge in [-0.2, -0.15) is 0 Å². The molecular formula is C13H15ClO. The standard InChI is InChI=1S/C13H15ClO/c1-9(15)7-10-3-2-4-11-8-12(14)5-6-13(10)11/h5-6,8,10H,2-4,7H2,1H3. The molecule has 0 aromatic heterocycles. The van der Waals surface area contributed by atoms with Gasteiger partial charge >= 0.3 is 0 Å². The fraction of sp³-hybridized carbons (Fsp3) is 0.462. The summed E-state index contributed by atoms with van der Waals surface area (Å²) in [6.07, 6.45) is 4.08. The summed E-state index contributed by atoms with van der Waals surface area (Å²) in [6, 6.07) is 6.06. The highest BCUT2D eigenvalue weighted by atomic mass is 35.5. The predicted molar refractivity (Wildman–Crippen MR) is 62.4 cm³/mol. The van der Waals surface area contributed by atoms with E-state index in [2.05, 4.69) is 6.07 Å². The Hall–Kier alpha value is -0.820. The van der Waals surface area contributed by atoms with E-state index in [0.717, 1.165) is 17.9 Å². The van der Waals surface area contributed by atoms with Crippen LogP contribution in [0.25, 0.3) is 0 Å². The Morgan fingerprint density at radius 1 is 1.53 bits per heavy atom. The van der Waals surface area contributed by atoms with Gasteiger partial charge in [-0.25, -0.2) is 0 Å². The number of halogens is 1. The molecule has 2 rings (SSSR count). The van der Waals surface area contributed by atoms with Crippen LogP contribution in [0.1, 0.15) is 43.2 Å². The van der Waals surface area contributed by atoms with Crippen LogP contribution in [-0.4, -0.2) is 5.78 Å². The number of Topliss-reactive ketones (excluding diaryl/α,β-unsaturated/α-hetero) is 1. The lowest BCUT2D eigenvalue weighted by atomic mass is 9.80. The molecule has 0 heterocycles. The summed E-state index contributed by atoms with van der Waals surface area (Å²) in [5.41, 5.74) is 2.67. The van der Waals surface area contributed by atoms with Crippen molar-refractivity contribution in [2.75, 3.05) is 0 Å². The Morgan fingerprint density at radius 2 is 2.33 bits per heavy atom. The summed E-state index contributed by atoms with van der Waals surface area (Å²) in [6.45, 7) is 1.67. The first kappa shape index (κ1) is 10.7. The fourth-order valence-electron chi connectivity index (χ4n) is 2.44. The summed E-state index contributed by atoms with van der Waals surface area (Å²) in [5, 5.41) is 0.803. The van der Waals surface area contributed by atoms with Gasteiger partial charge in [-0.15, -0.1) is 0 Å². The zero-order valence-corrected chi connectivity index (χ0v) is 9.68. The van der Waals surface area contributed by atoms with E-state index in [1.165, 1.54) is 17.5 Å². The van der Waals surface area contributed by atoms with Crippen LogP contribution in [0.2, 0.25) is 5.02 Å². The van der Waals surface area contributed by atoms with Crippen molar-refractivity contribution < 1.29 is 4.79 Å².